The van der Waals surface area contributed by atoms with E-state index in [9.17, 15) is 0 Å². The molecule has 0 aliphatic heterocycles. The van der Waals surface area contributed by atoms with E-state index in [4.69, 9.17) is 21.1 Å². The Hall–Kier alpha value is 0.210. The summed E-state index contributed by atoms with van der Waals surface area (Å²) in [4.78, 5) is 0. The molecule has 2 atom stereocenters. The van der Waals surface area contributed by atoms with Crippen LogP contribution in [0.4, 0.5) is 0 Å². The van der Waals surface area contributed by atoms with E-state index in [1.54, 1.807) is 0 Å². The van der Waals surface area contributed by atoms with Crippen molar-refractivity contribution in [3.8, 4) is 0 Å². The molecule has 0 radical (unpaired) electrons. The van der Waals surface area contributed by atoms with Gasteiger partial charge in [0.15, 0.2) is 0 Å². The number of alkyl halides is 1. The van der Waals surface area contributed by atoms with Crippen molar-refractivity contribution < 1.29 is 9.47 Å². The summed E-state index contributed by atoms with van der Waals surface area (Å²) in [7, 11) is 0. The van der Waals surface area contributed by atoms with Crippen molar-refractivity contribution >= 4 is 11.6 Å². The van der Waals surface area contributed by atoms with Gasteiger partial charge in [-0.2, -0.15) is 0 Å². The monoisotopic (exact) mass is 234 g/mol. The highest BCUT2D eigenvalue weighted by Crippen LogP contribution is 2.30. The van der Waals surface area contributed by atoms with Crippen LogP contribution >= 0.6 is 11.6 Å². The smallest absolute Gasteiger partial charge is 0.0704 e. The van der Waals surface area contributed by atoms with Crippen molar-refractivity contribution in [2.75, 3.05) is 25.7 Å². The van der Waals surface area contributed by atoms with Crippen molar-refractivity contribution in [2.45, 2.75) is 39.2 Å². The van der Waals surface area contributed by atoms with Crippen molar-refractivity contribution in [1.82, 2.24) is 0 Å². The quantitative estimate of drug-likeness (QED) is 0.520. The third-order valence-electron chi connectivity index (χ3n) is 2.94. The Morgan fingerprint density at radius 2 is 1.67 bits per heavy atom. The molecule has 2 unspecified atom stereocenters. The van der Waals surface area contributed by atoms with Crippen molar-refractivity contribution in [1.29, 1.82) is 0 Å². The summed E-state index contributed by atoms with van der Waals surface area (Å²) in [6.07, 6.45) is 4.21. The van der Waals surface area contributed by atoms with Crippen LogP contribution in [0.1, 0.15) is 33.1 Å². The van der Waals surface area contributed by atoms with Crippen LogP contribution in [-0.4, -0.2) is 31.8 Å². The molecule has 15 heavy (non-hydrogen) atoms. The molecule has 1 rings (SSSR count). The van der Waals surface area contributed by atoms with E-state index in [0.717, 1.165) is 11.8 Å². The van der Waals surface area contributed by atoms with Gasteiger partial charge in [-0.15, -0.1) is 11.6 Å². The first-order valence-electron chi connectivity index (χ1n) is 5.97. The molecule has 2 nitrogen and oxygen atoms in total. The molecule has 0 aromatic rings. The predicted molar refractivity (Wildman–Crippen MR) is 63.5 cm³/mol. The summed E-state index contributed by atoms with van der Waals surface area (Å²) in [6, 6.07) is 0. The zero-order chi connectivity index (χ0) is 11.1. The Morgan fingerprint density at radius 1 is 1.00 bits per heavy atom. The van der Waals surface area contributed by atoms with Crippen LogP contribution in [0.5, 0.6) is 0 Å². The Morgan fingerprint density at radius 3 is 2.27 bits per heavy atom. The molecular weight excluding hydrogens is 212 g/mol. The lowest BCUT2D eigenvalue weighted by atomic mass is 9.82. The van der Waals surface area contributed by atoms with Gasteiger partial charge < -0.3 is 9.47 Å². The van der Waals surface area contributed by atoms with E-state index in [0.29, 0.717) is 31.8 Å². The standard InChI is InChI=1S/C12H23ClO2/c1-10-7-11(2)9-12(8-10)15-6-5-14-4-3-13/h10-12H,3-9H2,1-2H3. The largest absolute Gasteiger partial charge is 0.378 e. The molecule has 1 fully saturated rings. The Kier molecular flexibility index (Phi) is 6.62. The summed E-state index contributed by atoms with van der Waals surface area (Å²) >= 11 is 5.50. The summed E-state index contributed by atoms with van der Waals surface area (Å²) in [6.45, 7) is 6.64. The number of halogens is 1. The Balaban J connectivity index is 2.04. The number of hydrogen-bond donors (Lipinski definition) is 0. The minimum Gasteiger partial charge on any atom is -0.378 e. The molecule has 0 saturated heterocycles. The van der Waals surface area contributed by atoms with Crippen LogP contribution in [0.25, 0.3) is 0 Å². The van der Waals surface area contributed by atoms with Crippen molar-refractivity contribution in [3.05, 3.63) is 0 Å². The summed E-state index contributed by atoms with van der Waals surface area (Å²) in [5, 5.41) is 0. The molecule has 1 saturated carbocycles. The zero-order valence-electron chi connectivity index (χ0n) is 9.88. The average molecular weight is 235 g/mol. The van der Waals surface area contributed by atoms with Gasteiger partial charge in [0, 0.05) is 5.88 Å². The number of hydrogen-bond acceptors (Lipinski definition) is 2. The Bertz CT molecular complexity index is 154. The highest BCUT2D eigenvalue weighted by Gasteiger charge is 2.24. The van der Waals surface area contributed by atoms with Gasteiger partial charge in [0.25, 0.3) is 0 Å². The second kappa shape index (κ2) is 7.48. The van der Waals surface area contributed by atoms with Crippen LogP contribution in [0, 0.1) is 11.8 Å². The fourth-order valence-electron chi connectivity index (χ4n) is 2.44. The lowest BCUT2D eigenvalue weighted by molar-refractivity contribution is -0.0260. The van der Waals surface area contributed by atoms with Crippen LogP contribution in [0.3, 0.4) is 0 Å². The maximum absolute atomic E-state index is 5.80. The second-order valence-electron chi connectivity index (χ2n) is 4.71. The molecule has 1 aliphatic rings. The first-order chi connectivity index (χ1) is 7.22. The van der Waals surface area contributed by atoms with Crippen LogP contribution in [-0.2, 0) is 9.47 Å². The highest BCUT2D eigenvalue weighted by molar-refractivity contribution is 6.17. The van der Waals surface area contributed by atoms with Gasteiger partial charge in [0.05, 0.1) is 25.9 Å². The summed E-state index contributed by atoms with van der Waals surface area (Å²) in [5.74, 6) is 2.18. The third kappa shape index (κ3) is 5.74. The molecule has 0 heterocycles. The number of ether oxygens (including phenoxy) is 2. The topological polar surface area (TPSA) is 18.5 Å². The molecule has 90 valence electrons. The zero-order valence-corrected chi connectivity index (χ0v) is 10.6. The minimum absolute atomic E-state index is 0.448. The maximum atomic E-state index is 5.80. The van der Waals surface area contributed by atoms with Crippen LogP contribution in [0.15, 0.2) is 0 Å². The van der Waals surface area contributed by atoms with E-state index in [1.807, 2.05) is 0 Å². The van der Waals surface area contributed by atoms with Gasteiger partial charge >= 0.3 is 0 Å². The van der Waals surface area contributed by atoms with Gasteiger partial charge in [0.2, 0.25) is 0 Å². The fourth-order valence-corrected chi connectivity index (χ4v) is 2.55. The second-order valence-corrected chi connectivity index (χ2v) is 5.09. The molecule has 3 heteroatoms. The highest BCUT2D eigenvalue weighted by atomic mass is 35.5. The van der Waals surface area contributed by atoms with Gasteiger partial charge in [-0.1, -0.05) is 13.8 Å². The molecule has 0 amide bonds. The molecule has 0 N–H and O–H groups in total. The van der Waals surface area contributed by atoms with Crippen molar-refractivity contribution in [2.24, 2.45) is 11.8 Å². The minimum atomic E-state index is 0.448. The molecular formula is C12H23ClO2. The van der Waals surface area contributed by atoms with E-state index >= 15 is 0 Å². The molecule has 0 spiro atoms. The molecule has 1 aliphatic carbocycles. The van der Waals surface area contributed by atoms with Gasteiger partial charge in [0.1, 0.15) is 0 Å². The maximum Gasteiger partial charge on any atom is 0.0704 e. The van der Waals surface area contributed by atoms with E-state index in [2.05, 4.69) is 13.8 Å². The average Bonchev–Trinajstić information content (AvgIpc) is 2.16. The predicted octanol–water partition coefficient (Wildman–Crippen LogP) is 3.08. The van der Waals surface area contributed by atoms with Crippen LogP contribution in [0.2, 0.25) is 0 Å². The molecule has 0 bridgehead atoms. The van der Waals surface area contributed by atoms with E-state index in [1.165, 1.54) is 19.3 Å². The van der Waals surface area contributed by atoms with Gasteiger partial charge in [-0.25, -0.2) is 0 Å². The van der Waals surface area contributed by atoms with Gasteiger partial charge in [-0.3, -0.25) is 0 Å². The SMILES string of the molecule is CC1CC(C)CC(OCCOCCCl)C1. The summed E-state index contributed by atoms with van der Waals surface area (Å²) in [5.41, 5.74) is 0. The summed E-state index contributed by atoms with van der Waals surface area (Å²) < 4.78 is 11.1. The third-order valence-corrected chi connectivity index (χ3v) is 3.09. The fraction of sp³-hybridized carbons (Fsp3) is 1.00. The lowest BCUT2D eigenvalue weighted by Crippen LogP contribution is -2.27. The first-order valence-corrected chi connectivity index (χ1v) is 6.51. The van der Waals surface area contributed by atoms with Crippen molar-refractivity contribution in [3.63, 3.8) is 0 Å². The number of rotatable bonds is 6. The van der Waals surface area contributed by atoms with E-state index < -0.39 is 0 Å². The van der Waals surface area contributed by atoms with E-state index in [-0.39, 0.29) is 0 Å². The molecule has 0 aromatic carbocycles. The normalized spacial score (nSPS) is 31.8. The Labute approximate surface area is 98.3 Å². The molecule has 0 aromatic heterocycles. The van der Waals surface area contributed by atoms with Gasteiger partial charge in [-0.05, 0) is 31.1 Å². The van der Waals surface area contributed by atoms with Crippen LogP contribution < -0.4 is 0 Å². The first kappa shape index (κ1) is 13.3. The lowest BCUT2D eigenvalue weighted by Gasteiger charge is -2.31.